The van der Waals surface area contributed by atoms with Crippen LogP contribution in [0.4, 0.5) is 0 Å². The first kappa shape index (κ1) is 22.9. The summed E-state index contributed by atoms with van der Waals surface area (Å²) in [5, 5.41) is 2.99. The molecule has 2 heterocycles. The molecule has 172 valence electrons. The molecular formula is C26H30N4O3. The number of morpholine rings is 1. The molecule has 1 saturated heterocycles. The highest BCUT2D eigenvalue weighted by Crippen LogP contribution is 2.32. The van der Waals surface area contributed by atoms with E-state index in [4.69, 9.17) is 9.47 Å². The molecule has 1 fully saturated rings. The molecule has 3 aromatic rings. The first-order valence-corrected chi connectivity index (χ1v) is 11.4. The number of aromatic nitrogens is 2. The smallest absolute Gasteiger partial charge is 0.258 e. The van der Waals surface area contributed by atoms with Crippen molar-refractivity contribution in [3.05, 3.63) is 71.9 Å². The molecule has 1 aromatic heterocycles. The van der Waals surface area contributed by atoms with Gasteiger partial charge in [-0.25, -0.2) is 4.98 Å². The van der Waals surface area contributed by atoms with E-state index in [1.807, 2.05) is 54.6 Å². The minimum Gasteiger partial charge on any atom is -0.438 e. The van der Waals surface area contributed by atoms with E-state index in [9.17, 15) is 4.79 Å². The summed E-state index contributed by atoms with van der Waals surface area (Å²) in [6, 6.07) is 17.5. The molecule has 0 bridgehead atoms. The second-order valence-corrected chi connectivity index (χ2v) is 8.28. The van der Waals surface area contributed by atoms with E-state index < -0.39 is 0 Å². The fraction of sp³-hybridized carbons (Fsp3) is 0.346. The van der Waals surface area contributed by atoms with Gasteiger partial charge in [0.1, 0.15) is 11.3 Å². The lowest BCUT2D eigenvalue weighted by Gasteiger charge is -2.26. The third-order valence-corrected chi connectivity index (χ3v) is 5.60. The Morgan fingerprint density at radius 1 is 1.09 bits per heavy atom. The van der Waals surface area contributed by atoms with Crippen molar-refractivity contribution in [3.8, 4) is 23.0 Å². The topological polar surface area (TPSA) is 76.6 Å². The standard InChI is InChI=1S/C26H30N4O3/c1-19(2)21-10-6-7-11-23(21)33-26-22(18-28-24(29-26)20-8-4-3-5-9-20)25(31)27-12-13-30-14-16-32-17-15-30/h3-11,18-19H,12-17H2,1-2H3,(H,27,31). The number of amides is 1. The van der Waals surface area contributed by atoms with Crippen LogP contribution in [0.2, 0.25) is 0 Å². The zero-order valence-electron chi connectivity index (χ0n) is 19.2. The van der Waals surface area contributed by atoms with E-state index in [0.29, 0.717) is 23.7 Å². The maximum atomic E-state index is 13.0. The molecule has 0 spiro atoms. The van der Waals surface area contributed by atoms with Crippen molar-refractivity contribution in [3.63, 3.8) is 0 Å². The van der Waals surface area contributed by atoms with Gasteiger partial charge in [-0.15, -0.1) is 0 Å². The maximum Gasteiger partial charge on any atom is 0.258 e. The van der Waals surface area contributed by atoms with Crippen molar-refractivity contribution in [1.29, 1.82) is 0 Å². The van der Waals surface area contributed by atoms with Crippen LogP contribution in [0.5, 0.6) is 11.6 Å². The van der Waals surface area contributed by atoms with Gasteiger partial charge >= 0.3 is 0 Å². The number of benzene rings is 2. The first-order valence-electron chi connectivity index (χ1n) is 11.4. The number of hydrogen-bond donors (Lipinski definition) is 1. The largest absolute Gasteiger partial charge is 0.438 e. The highest BCUT2D eigenvalue weighted by Gasteiger charge is 2.20. The summed E-state index contributed by atoms with van der Waals surface area (Å²) in [6.07, 6.45) is 1.55. The quantitative estimate of drug-likeness (QED) is 0.561. The van der Waals surface area contributed by atoms with Gasteiger partial charge in [0.25, 0.3) is 5.91 Å². The Balaban J connectivity index is 1.58. The van der Waals surface area contributed by atoms with Crippen molar-refractivity contribution >= 4 is 5.91 Å². The Morgan fingerprint density at radius 3 is 2.58 bits per heavy atom. The molecule has 1 N–H and O–H groups in total. The van der Waals surface area contributed by atoms with Gasteiger partial charge in [0.2, 0.25) is 5.88 Å². The predicted octanol–water partition coefficient (Wildman–Crippen LogP) is 4.12. The predicted molar refractivity (Wildman–Crippen MR) is 128 cm³/mol. The zero-order valence-corrected chi connectivity index (χ0v) is 19.2. The van der Waals surface area contributed by atoms with Gasteiger partial charge in [-0.1, -0.05) is 62.4 Å². The third-order valence-electron chi connectivity index (χ3n) is 5.60. The normalized spacial score (nSPS) is 14.3. The lowest BCUT2D eigenvalue weighted by Crippen LogP contribution is -2.41. The summed E-state index contributed by atoms with van der Waals surface area (Å²) < 4.78 is 11.6. The Hall–Kier alpha value is -3.29. The number of ether oxygens (including phenoxy) is 2. The van der Waals surface area contributed by atoms with Crippen molar-refractivity contribution in [2.24, 2.45) is 0 Å². The molecule has 0 aliphatic carbocycles. The van der Waals surface area contributed by atoms with Gasteiger partial charge in [0.15, 0.2) is 5.82 Å². The van der Waals surface area contributed by atoms with E-state index in [0.717, 1.165) is 44.0 Å². The van der Waals surface area contributed by atoms with Crippen LogP contribution in [-0.4, -0.2) is 60.2 Å². The van der Waals surface area contributed by atoms with Gasteiger partial charge < -0.3 is 14.8 Å². The number of hydrogen-bond acceptors (Lipinski definition) is 6. The molecule has 1 amide bonds. The second-order valence-electron chi connectivity index (χ2n) is 8.28. The van der Waals surface area contributed by atoms with Crippen molar-refractivity contribution < 1.29 is 14.3 Å². The highest BCUT2D eigenvalue weighted by atomic mass is 16.5. The molecule has 33 heavy (non-hydrogen) atoms. The van der Waals surface area contributed by atoms with Crippen LogP contribution in [0, 0.1) is 0 Å². The lowest BCUT2D eigenvalue weighted by molar-refractivity contribution is 0.0383. The number of rotatable bonds is 8. The van der Waals surface area contributed by atoms with E-state index in [2.05, 4.69) is 34.0 Å². The molecule has 7 heteroatoms. The number of para-hydroxylation sites is 1. The fourth-order valence-corrected chi connectivity index (χ4v) is 3.73. The van der Waals surface area contributed by atoms with Gasteiger partial charge in [-0.2, -0.15) is 4.98 Å². The molecule has 0 saturated carbocycles. The van der Waals surface area contributed by atoms with Crippen molar-refractivity contribution in [2.75, 3.05) is 39.4 Å². The van der Waals surface area contributed by atoms with Gasteiger partial charge in [0.05, 0.1) is 13.2 Å². The van der Waals surface area contributed by atoms with Gasteiger partial charge in [-0.3, -0.25) is 9.69 Å². The molecule has 4 rings (SSSR count). The molecule has 1 aliphatic heterocycles. The summed E-state index contributed by atoms with van der Waals surface area (Å²) in [5.74, 6) is 1.47. The Kier molecular flexibility index (Phi) is 7.65. The number of carbonyl (C=O) groups is 1. The van der Waals surface area contributed by atoms with Crippen LogP contribution in [0.15, 0.2) is 60.8 Å². The minimum absolute atomic E-state index is 0.250. The fourth-order valence-electron chi connectivity index (χ4n) is 3.73. The average Bonchev–Trinajstić information content (AvgIpc) is 2.85. The second kappa shape index (κ2) is 11.0. The number of carbonyl (C=O) groups excluding carboxylic acids is 1. The van der Waals surface area contributed by atoms with Crippen molar-refractivity contribution in [1.82, 2.24) is 20.2 Å². The lowest BCUT2D eigenvalue weighted by atomic mass is 10.0. The molecule has 1 aliphatic rings. The van der Waals surface area contributed by atoms with Gasteiger partial charge in [-0.05, 0) is 17.5 Å². The highest BCUT2D eigenvalue weighted by molar-refractivity contribution is 5.96. The Morgan fingerprint density at radius 2 is 1.82 bits per heavy atom. The summed E-state index contributed by atoms with van der Waals surface area (Å²) in [4.78, 5) is 24.4. The van der Waals surface area contributed by atoms with Crippen LogP contribution in [-0.2, 0) is 4.74 Å². The average molecular weight is 447 g/mol. The molecule has 0 radical (unpaired) electrons. The summed E-state index contributed by atoms with van der Waals surface area (Å²) in [7, 11) is 0. The SMILES string of the molecule is CC(C)c1ccccc1Oc1nc(-c2ccccc2)ncc1C(=O)NCCN1CCOCC1. The Bertz CT molecular complexity index is 1070. The van der Waals surface area contributed by atoms with E-state index in [-0.39, 0.29) is 17.7 Å². The summed E-state index contributed by atoms with van der Waals surface area (Å²) in [6.45, 7) is 8.74. The van der Waals surface area contributed by atoms with Crippen LogP contribution in [0.3, 0.4) is 0 Å². The maximum absolute atomic E-state index is 13.0. The van der Waals surface area contributed by atoms with Crippen LogP contribution < -0.4 is 10.1 Å². The molecule has 7 nitrogen and oxygen atoms in total. The van der Waals surface area contributed by atoms with E-state index in [1.165, 1.54) is 0 Å². The van der Waals surface area contributed by atoms with Crippen LogP contribution >= 0.6 is 0 Å². The van der Waals surface area contributed by atoms with E-state index >= 15 is 0 Å². The molecule has 0 atom stereocenters. The van der Waals surface area contributed by atoms with E-state index in [1.54, 1.807) is 6.20 Å². The molecule has 2 aromatic carbocycles. The minimum atomic E-state index is -0.250. The summed E-state index contributed by atoms with van der Waals surface area (Å²) in [5.41, 5.74) is 2.23. The Labute approximate surface area is 194 Å². The van der Waals surface area contributed by atoms with Crippen LogP contribution in [0.25, 0.3) is 11.4 Å². The van der Waals surface area contributed by atoms with Crippen molar-refractivity contribution in [2.45, 2.75) is 19.8 Å². The molecular weight excluding hydrogens is 416 g/mol. The monoisotopic (exact) mass is 446 g/mol. The number of nitrogens with zero attached hydrogens (tertiary/aromatic N) is 3. The van der Waals surface area contributed by atoms with Crippen LogP contribution in [0.1, 0.15) is 35.7 Å². The zero-order chi connectivity index (χ0) is 23.0. The molecule has 0 unspecified atom stereocenters. The first-order chi connectivity index (χ1) is 16.1. The summed E-state index contributed by atoms with van der Waals surface area (Å²) >= 11 is 0. The van der Waals surface area contributed by atoms with Gasteiger partial charge in [0, 0.05) is 37.9 Å². The third kappa shape index (κ3) is 5.94. The number of nitrogens with one attached hydrogen (secondary N) is 1.